The van der Waals surface area contributed by atoms with E-state index in [-0.39, 0.29) is 11.5 Å². The van der Waals surface area contributed by atoms with Crippen molar-refractivity contribution in [2.75, 3.05) is 0 Å². The highest BCUT2D eigenvalue weighted by molar-refractivity contribution is 5.75. The van der Waals surface area contributed by atoms with Crippen molar-refractivity contribution in [3.05, 3.63) is 48.0 Å². The molecule has 0 fully saturated rings. The predicted octanol–water partition coefficient (Wildman–Crippen LogP) is 2.82. The molecule has 2 aromatic rings. The van der Waals surface area contributed by atoms with Crippen LogP contribution in [0, 0.1) is 0 Å². The Balaban J connectivity index is 2.59. The minimum atomic E-state index is -0.611. The third-order valence-electron chi connectivity index (χ3n) is 2.70. The van der Waals surface area contributed by atoms with Crippen LogP contribution in [0.2, 0.25) is 0 Å². The molecule has 2 aromatic carbocycles. The summed E-state index contributed by atoms with van der Waals surface area (Å²) in [6, 6.07) is 11.6. The molecule has 0 amide bonds. The van der Waals surface area contributed by atoms with Crippen LogP contribution >= 0.6 is 0 Å². The first-order valence-electron chi connectivity index (χ1n) is 5.39. The van der Waals surface area contributed by atoms with E-state index < -0.39 is 6.10 Å². The summed E-state index contributed by atoms with van der Waals surface area (Å²) < 4.78 is 0. The largest absolute Gasteiger partial charge is 0.507 e. The lowest BCUT2D eigenvalue weighted by atomic mass is 9.99. The highest BCUT2D eigenvalue weighted by Crippen LogP contribution is 2.36. The van der Waals surface area contributed by atoms with Gasteiger partial charge in [0.2, 0.25) is 0 Å². The predicted molar refractivity (Wildman–Crippen MR) is 65.8 cm³/mol. The van der Waals surface area contributed by atoms with E-state index in [9.17, 15) is 15.3 Å². The van der Waals surface area contributed by atoms with Crippen molar-refractivity contribution < 1.29 is 15.3 Å². The van der Waals surface area contributed by atoms with E-state index in [1.54, 1.807) is 43.3 Å². The first-order chi connectivity index (χ1) is 8.09. The van der Waals surface area contributed by atoms with E-state index >= 15 is 0 Å². The second-order valence-corrected chi connectivity index (χ2v) is 3.97. The van der Waals surface area contributed by atoms with Gasteiger partial charge >= 0.3 is 0 Å². The van der Waals surface area contributed by atoms with Crippen LogP contribution in [0.25, 0.3) is 11.1 Å². The van der Waals surface area contributed by atoms with Gasteiger partial charge in [-0.3, -0.25) is 0 Å². The number of hydrogen-bond donors (Lipinski definition) is 3. The topological polar surface area (TPSA) is 60.7 Å². The van der Waals surface area contributed by atoms with Gasteiger partial charge in [0.05, 0.1) is 6.10 Å². The summed E-state index contributed by atoms with van der Waals surface area (Å²) in [4.78, 5) is 0. The van der Waals surface area contributed by atoms with E-state index in [1.807, 2.05) is 0 Å². The molecule has 3 N–H and O–H groups in total. The number of aromatic hydroxyl groups is 2. The molecule has 0 aliphatic rings. The normalized spacial score (nSPS) is 12.4. The molecule has 0 aromatic heterocycles. The number of hydrogen-bond acceptors (Lipinski definition) is 3. The monoisotopic (exact) mass is 230 g/mol. The van der Waals surface area contributed by atoms with Gasteiger partial charge in [0.25, 0.3) is 0 Å². The van der Waals surface area contributed by atoms with E-state index in [4.69, 9.17) is 0 Å². The van der Waals surface area contributed by atoms with Gasteiger partial charge in [-0.25, -0.2) is 0 Å². The second kappa shape index (κ2) is 4.47. The van der Waals surface area contributed by atoms with Crippen LogP contribution in [-0.2, 0) is 0 Å². The van der Waals surface area contributed by atoms with Crippen molar-refractivity contribution in [2.24, 2.45) is 0 Å². The maximum atomic E-state index is 9.80. The van der Waals surface area contributed by atoms with Gasteiger partial charge in [-0.2, -0.15) is 0 Å². The molecule has 0 radical (unpaired) electrons. The molecule has 88 valence electrons. The number of phenols is 2. The number of para-hydroxylation sites is 1. The van der Waals surface area contributed by atoms with Crippen molar-refractivity contribution in [1.29, 1.82) is 0 Å². The fraction of sp³-hybridized carbons (Fsp3) is 0.143. The Labute approximate surface area is 99.6 Å². The zero-order chi connectivity index (χ0) is 12.4. The van der Waals surface area contributed by atoms with Gasteiger partial charge in [-0.1, -0.05) is 24.3 Å². The first-order valence-corrected chi connectivity index (χ1v) is 5.39. The second-order valence-electron chi connectivity index (χ2n) is 3.97. The van der Waals surface area contributed by atoms with Crippen LogP contribution in [0.5, 0.6) is 11.5 Å². The molecule has 17 heavy (non-hydrogen) atoms. The van der Waals surface area contributed by atoms with Crippen molar-refractivity contribution in [1.82, 2.24) is 0 Å². The number of benzene rings is 2. The van der Waals surface area contributed by atoms with Crippen LogP contribution < -0.4 is 0 Å². The Kier molecular flexibility index (Phi) is 3.02. The number of rotatable bonds is 2. The number of aliphatic hydroxyl groups is 1. The molecule has 3 nitrogen and oxygen atoms in total. The van der Waals surface area contributed by atoms with Gasteiger partial charge in [-0.15, -0.1) is 0 Å². The van der Waals surface area contributed by atoms with Crippen LogP contribution in [-0.4, -0.2) is 15.3 Å². The molecule has 0 aliphatic carbocycles. The van der Waals surface area contributed by atoms with Crippen LogP contribution in [0.15, 0.2) is 42.5 Å². The van der Waals surface area contributed by atoms with E-state index in [0.29, 0.717) is 16.7 Å². The fourth-order valence-corrected chi connectivity index (χ4v) is 1.73. The smallest absolute Gasteiger partial charge is 0.123 e. The molecular weight excluding hydrogens is 216 g/mol. The maximum Gasteiger partial charge on any atom is 0.123 e. The summed E-state index contributed by atoms with van der Waals surface area (Å²) in [5, 5.41) is 29.1. The number of aliphatic hydroxyl groups excluding tert-OH is 1. The van der Waals surface area contributed by atoms with Crippen molar-refractivity contribution >= 4 is 0 Å². The van der Waals surface area contributed by atoms with E-state index in [1.165, 1.54) is 6.07 Å². The molecule has 0 saturated heterocycles. The van der Waals surface area contributed by atoms with Crippen molar-refractivity contribution in [3.63, 3.8) is 0 Å². The molecule has 0 bridgehead atoms. The minimum absolute atomic E-state index is 0.0795. The third-order valence-corrected chi connectivity index (χ3v) is 2.70. The third kappa shape index (κ3) is 2.24. The standard InChI is InChI=1S/C14H14O3/c1-9(15)10-6-7-14(17)12(8-10)11-4-2-3-5-13(11)16/h2-9,15-17H,1H3. The Morgan fingerprint density at radius 1 is 0.882 bits per heavy atom. The zero-order valence-electron chi connectivity index (χ0n) is 9.46. The highest BCUT2D eigenvalue weighted by atomic mass is 16.3. The Hall–Kier alpha value is -2.00. The molecule has 1 unspecified atom stereocenters. The lowest BCUT2D eigenvalue weighted by Crippen LogP contribution is -1.91. The number of phenolic OH excluding ortho intramolecular Hbond substituents is 2. The molecule has 0 spiro atoms. The lowest BCUT2D eigenvalue weighted by molar-refractivity contribution is 0.199. The lowest BCUT2D eigenvalue weighted by Gasteiger charge is -2.11. The van der Waals surface area contributed by atoms with Gasteiger partial charge in [0, 0.05) is 11.1 Å². The summed E-state index contributed by atoms with van der Waals surface area (Å²) in [5.74, 6) is 0.182. The van der Waals surface area contributed by atoms with Crippen LogP contribution in [0.4, 0.5) is 0 Å². The molecule has 2 rings (SSSR count). The molecule has 0 aliphatic heterocycles. The Bertz CT molecular complexity index is 533. The molecule has 0 saturated carbocycles. The van der Waals surface area contributed by atoms with Gasteiger partial charge in [-0.05, 0) is 30.7 Å². The minimum Gasteiger partial charge on any atom is -0.507 e. The molecule has 3 heteroatoms. The molecule has 1 atom stereocenters. The average Bonchev–Trinajstić information content (AvgIpc) is 2.30. The quantitative estimate of drug-likeness (QED) is 0.743. The Morgan fingerprint density at radius 2 is 1.53 bits per heavy atom. The summed E-state index contributed by atoms with van der Waals surface area (Å²) in [7, 11) is 0. The molecule has 0 heterocycles. The van der Waals surface area contributed by atoms with Gasteiger partial charge in [0.15, 0.2) is 0 Å². The SMILES string of the molecule is CC(O)c1ccc(O)c(-c2ccccc2O)c1. The van der Waals surface area contributed by atoms with Crippen LogP contribution in [0.3, 0.4) is 0 Å². The average molecular weight is 230 g/mol. The van der Waals surface area contributed by atoms with E-state index in [2.05, 4.69) is 0 Å². The van der Waals surface area contributed by atoms with Gasteiger partial charge in [0.1, 0.15) is 11.5 Å². The van der Waals surface area contributed by atoms with Crippen molar-refractivity contribution in [2.45, 2.75) is 13.0 Å². The van der Waals surface area contributed by atoms with E-state index in [0.717, 1.165) is 0 Å². The zero-order valence-corrected chi connectivity index (χ0v) is 9.46. The highest BCUT2D eigenvalue weighted by Gasteiger charge is 2.11. The Morgan fingerprint density at radius 3 is 2.18 bits per heavy atom. The summed E-state index contributed by atoms with van der Waals surface area (Å²) in [6.07, 6.45) is -0.611. The van der Waals surface area contributed by atoms with Gasteiger partial charge < -0.3 is 15.3 Å². The summed E-state index contributed by atoms with van der Waals surface area (Å²) in [5.41, 5.74) is 1.76. The van der Waals surface area contributed by atoms with Crippen LogP contribution in [0.1, 0.15) is 18.6 Å². The summed E-state index contributed by atoms with van der Waals surface area (Å²) in [6.45, 7) is 1.65. The first kappa shape index (κ1) is 11.5. The maximum absolute atomic E-state index is 9.80. The molecular formula is C14H14O3. The van der Waals surface area contributed by atoms with Crippen molar-refractivity contribution in [3.8, 4) is 22.6 Å². The summed E-state index contributed by atoms with van der Waals surface area (Å²) >= 11 is 0. The fourth-order valence-electron chi connectivity index (χ4n) is 1.73.